The molecule has 0 aliphatic rings. The molecule has 0 aromatic carbocycles. The van der Waals surface area contributed by atoms with Crippen LogP contribution in [-0.4, -0.2) is 65.6 Å². The van der Waals surface area contributed by atoms with Crippen LogP contribution in [0.3, 0.4) is 0 Å². The molecule has 3 atom stereocenters. The molecule has 0 unspecified atom stereocenters. The predicted octanol–water partition coefficient (Wildman–Crippen LogP) is 3.17. The molecular weight excluding hydrogens is 358 g/mol. The SMILES string of the molecule is CCCCOC[C@@H](OS(C)(=O)=O)[C@@H](OCCCC)[C@@H](C=N)OCCCC. The van der Waals surface area contributed by atoms with Crippen molar-refractivity contribution in [3.05, 3.63) is 0 Å². The van der Waals surface area contributed by atoms with Crippen LogP contribution in [0.1, 0.15) is 59.3 Å². The minimum Gasteiger partial charge on any atom is -0.379 e. The summed E-state index contributed by atoms with van der Waals surface area (Å²) in [6.45, 7) is 7.67. The molecule has 0 bridgehead atoms. The fraction of sp³-hybridized carbons (Fsp3) is 0.944. The number of rotatable bonds is 18. The zero-order valence-electron chi connectivity index (χ0n) is 16.7. The maximum atomic E-state index is 11.7. The van der Waals surface area contributed by atoms with Gasteiger partial charge in [0.25, 0.3) is 10.1 Å². The van der Waals surface area contributed by atoms with Crippen LogP contribution in [0.5, 0.6) is 0 Å². The summed E-state index contributed by atoms with van der Waals surface area (Å²) in [5, 5.41) is 7.70. The summed E-state index contributed by atoms with van der Waals surface area (Å²) in [6, 6.07) is 0. The van der Waals surface area contributed by atoms with Gasteiger partial charge in [0.15, 0.2) is 0 Å². The summed E-state index contributed by atoms with van der Waals surface area (Å²) in [5.41, 5.74) is 0. The Labute approximate surface area is 159 Å². The molecule has 0 aliphatic carbocycles. The van der Waals surface area contributed by atoms with Crippen LogP contribution in [0.25, 0.3) is 0 Å². The summed E-state index contributed by atoms with van der Waals surface area (Å²) in [4.78, 5) is 0. The van der Waals surface area contributed by atoms with E-state index < -0.39 is 28.4 Å². The topological polar surface area (TPSA) is 94.9 Å². The van der Waals surface area contributed by atoms with Gasteiger partial charge in [0.2, 0.25) is 0 Å². The first-order valence-corrected chi connectivity index (χ1v) is 11.4. The summed E-state index contributed by atoms with van der Waals surface area (Å²) >= 11 is 0. The van der Waals surface area contributed by atoms with Gasteiger partial charge >= 0.3 is 0 Å². The lowest BCUT2D eigenvalue weighted by molar-refractivity contribution is -0.108. The highest BCUT2D eigenvalue weighted by atomic mass is 32.2. The fourth-order valence-corrected chi connectivity index (χ4v) is 2.84. The minimum absolute atomic E-state index is 0.0747. The van der Waals surface area contributed by atoms with E-state index in [1.807, 2.05) is 6.92 Å². The Hall–Kier alpha value is -0.540. The molecule has 0 radical (unpaired) electrons. The first kappa shape index (κ1) is 25.5. The lowest BCUT2D eigenvalue weighted by atomic mass is 10.1. The zero-order valence-corrected chi connectivity index (χ0v) is 17.6. The third-order valence-corrected chi connectivity index (χ3v) is 4.29. The van der Waals surface area contributed by atoms with Gasteiger partial charge in [-0.1, -0.05) is 40.0 Å². The Morgan fingerprint density at radius 2 is 1.46 bits per heavy atom. The second-order valence-electron chi connectivity index (χ2n) is 6.31. The average Bonchev–Trinajstić information content (AvgIpc) is 2.58. The molecule has 0 spiro atoms. The van der Waals surface area contributed by atoms with Gasteiger partial charge in [-0.25, -0.2) is 0 Å². The van der Waals surface area contributed by atoms with Crippen molar-refractivity contribution < 1.29 is 26.8 Å². The predicted molar refractivity (Wildman–Crippen MR) is 104 cm³/mol. The second kappa shape index (κ2) is 15.5. The molecule has 0 rings (SSSR count). The number of unbranched alkanes of at least 4 members (excludes halogenated alkanes) is 3. The number of ether oxygens (including phenoxy) is 3. The van der Waals surface area contributed by atoms with Crippen LogP contribution in [0.15, 0.2) is 0 Å². The Balaban J connectivity index is 5.19. The standard InChI is InChI=1S/C18H37NO6S/c1-5-8-11-22-15-17(25-26(4,20)21)18(24-13-10-7-3)16(14-19)23-12-9-6-2/h14,16-19H,5-13,15H2,1-4H3/t16-,17-,18+/m1/s1. The molecule has 0 saturated heterocycles. The molecule has 1 N–H and O–H groups in total. The maximum absolute atomic E-state index is 11.7. The van der Waals surface area contributed by atoms with E-state index in [0.717, 1.165) is 51.0 Å². The summed E-state index contributed by atoms with van der Waals surface area (Å²) < 4.78 is 45.9. The molecule has 0 aromatic rings. The van der Waals surface area contributed by atoms with Gasteiger partial charge in [-0.3, -0.25) is 4.18 Å². The first-order chi connectivity index (χ1) is 12.4. The van der Waals surface area contributed by atoms with E-state index in [1.54, 1.807) is 0 Å². The quantitative estimate of drug-likeness (QED) is 0.218. The number of hydrogen-bond acceptors (Lipinski definition) is 7. The Morgan fingerprint density at radius 1 is 0.923 bits per heavy atom. The summed E-state index contributed by atoms with van der Waals surface area (Å²) in [7, 11) is -3.70. The largest absolute Gasteiger partial charge is 0.379 e. The van der Waals surface area contributed by atoms with Gasteiger partial charge < -0.3 is 19.6 Å². The lowest BCUT2D eigenvalue weighted by Gasteiger charge is -2.31. The smallest absolute Gasteiger partial charge is 0.264 e. The molecule has 0 heterocycles. The van der Waals surface area contributed by atoms with Crippen molar-refractivity contribution in [3.63, 3.8) is 0 Å². The van der Waals surface area contributed by atoms with E-state index in [9.17, 15) is 8.42 Å². The van der Waals surface area contributed by atoms with Crippen molar-refractivity contribution in [2.45, 2.75) is 77.6 Å². The average molecular weight is 396 g/mol. The molecule has 0 fully saturated rings. The van der Waals surface area contributed by atoms with Gasteiger partial charge in [-0.2, -0.15) is 8.42 Å². The highest BCUT2D eigenvalue weighted by Gasteiger charge is 2.33. The lowest BCUT2D eigenvalue weighted by Crippen LogP contribution is -2.47. The van der Waals surface area contributed by atoms with E-state index in [2.05, 4.69) is 13.8 Å². The zero-order chi connectivity index (χ0) is 19.8. The van der Waals surface area contributed by atoms with E-state index in [1.165, 1.54) is 0 Å². The Kier molecular flexibility index (Phi) is 15.2. The van der Waals surface area contributed by atoms with Crippen molar-refractivity contribution in [3.8, 4) is 0 Å². The van der Waals surface area contributed by atoms with Crippen molar-refractivity contribution in [1.82, 2.24) is 0 Å². The monoisotopic (exact) mass is 395 g/mol. The molecule has 8 heteroatoms. The summed E-state index contributed by atoms with van der Waals surface area (Å²) in [5.74, 6) is 0. The van der Waals surface area contributed by atoms with Crippen LogP contribution in [0.4, 0.5) is 0 Å². The van der Waals surface area contributed by atoms with E-state index in [-0.39, 0.29) is 6.61 Å². The molecular formula is C18H37NO6S. The highest BCUT2D eigenvalue weighted by Crippen LogP contribution is 2.16. The first-order valence-electron chi connectivity index (χ1n) is 9.59. The van der Waals surface area contributed by atoms with Crippen LogP contribution in [0.2, 0.25) is 0 Å². The van der Waals surface area contributed by atoms with Crippen LogP contribution < -0.4 is 0 Å². The molecule has 7 nitrogen and oxygen atoms in total. The van der Waals surface area contributed by atoms with Crippen molar-refractivity contribution in [1.29, 1.82) is 5.41 Å². The van der Waals surface area contributed by atoms with E-state index in [0.29, 0.717) is 19.8 Å². The highest BCUT2D eigenvalue weighted by molar-refractivity contribution is 7.86. The minimum atomic E-state index is -3.70. The molecule has 0 amide bonds. The van der Waals surface area contributed by atoms with Crippen molar-refractivity contribution in [2.75, 3.05) is 32.7 Å². The molecule has 0 aliphatic heterocycles. The van der Waals surface area contributed by atoms with Crippen LogP contribution in [0, 0.1) is 5.41 Å². The third kappa shape index (κ3) is 12.8. The van der Waals surface area contributed by atoms with Crippen molar-refractivity contribution >= 4 is 16.3 Å². The molecule has 26 heavy (non-hydrogen) atoms. The fourth-order valence-electron chi connectivity index (χ4n) is 2.23. The Morgan fingerprint density at radius 3 is 1.96 bits per heavy atom. The van der Waals surface area contributed by atoms with Gasteiger partial charge in [0, 0.05) is 26.0 Å². The van der Waals surface area contributed by atoms with E-state index in [4.69, 9.17) is 23.8 Å². The van der Waals surface area contributed by atoms with Gasteiger partial charge in [-0.05, 0) is 19.3 Å². The third-order valence-electron chi connectivity index (χ3n) is 3.69. The molecule has 156 valence electrons. The summed E-state index contributed by atoms with van der Waals surface area (Å²) in [6.07, 6.45) is 5.38. The van der Waals surface area contributed by atoms with Crippen LogP contribution >= 0.6 is 0 Å². The maximum Gasteiger partial charge on any atom is 0.264 e. The molecule has 0 saturated carbocycles. The molecule has 0 aromatic heterocycles. The van der Waals surface area contributed by atoms with Crippen molar-refractivity contribution in [2.24, 2.45) is 0 Å². The normalized spacial score (nSPS) is 15.5. The number of hydrogen-bond donors (Lipinski definition) is 1. The number of nitrogens with one attached hydrogen (secondary N) is 1. The van der Waals surface area contributed by atoms with Gasteiger partial charge in [0.1, 0.15) is 18.3 Å². The van der Waals surface area contributed by atoms with E-state index >= 15 is 0 Å². The van der Waals surface area contributed by atoms with Gasteiger partial charge in [0.05, 0.1) is 12.9 Å². The Bertz CT molecular complexity index is 443. The van der Waals surface area contributed by atoms with Crippen LogP contribution in [-0.2, 0) is 28.5 Å². The second-order valence-corrected chi connectivity index (χ2v) is 7.91. The van der Waals surface area contributed by atoms with Gasteiger partial charge in [-0.15, -0.1) is 0 Å².